The monoisotopic (exact) mass is 499 g/mol. The molecule has 36 heavy (non-hydrogen) atoms. The van der Waals surface area contributed by atoms with E-state index in [-0.39, 0.29) is 6.61 Å². The number of carboxylic acids is 1. The average molecular weight is 500 g/mol. The van der Waals surface area contributed by atoms with Gasteiger partial charge < -0.3 is 19.5 Å². The first kappa shape index (κ1) is 26.8. The Balaban J connectivity index is 1.83. The maximum atomic E-state index is 13.1. The molecule has 0 saturated heterocycles. The second kappa shape index (κ2) is 11.8. The molecule has 0 bridgehead atoms. The fraction of sp³-hybridized carbons (Fsp3) is 0.250. The third kappa shape index (κ3) is 7.61. The summed E-state index contributed by atoms with van der Waals surface area (Å²) in [4.78, 5) is 12.8. The van der Waals surface area contributed by atoms with E-state index in [1.165, 1.54) is 12.1 Å². The summed E-state index contributed by atoms with van der Waals surface area (Å²) in [5, 5.41) is 8.77. The molecule has 1 N–H and O–H groups in total. The summed E-state index contributed by atoms with van der Waals surface area (Å²) in [5.74, 6) is -0.0616. The van der Waals surface area contributed by atoms with Gasteiger partial charge in [-0.3, -0.25) is 0 Å². The molecule has 0 aliphatic heterocycles. The van der Waals surface area contributed by atoms with Crippen molar-refractivity contribution in [2.45, 2.75) is 19.6 Å². The highest BCUT2D eigenvalue weighted by Gasteiger charge is 2.30. The molecule has 0 radical (unpaired) electrons. The largest absolute Gasteiger partial charge is 0.489 e. The van der Waals surface area contributed by atoms with E-state index in [9.17, 15) is 18.0 Å². The van der Waals surface area contributed by atoms with E-state index < -0.39 is 24.3 Å². The van der Waals surface area contributed by atoms with Crippen molar-refractivity contribution >= 4 is 11.5 Å². The van der Waals surface area contributed by atoms with Gasteiger partial charge >= 0.3 is 12.1 Å². The van der Waals surface area contributed by atoms with Crippen molar-refractivity contribution < 1.29 is 32.5 Å². The molecule has 0 amide bonds. The summed E-state index contributed by atoms with van der Waals surface area (Å²) in [6, 6.07) is 18.0. The van der Waals surface area contributed by atoms with Crippen LogP contribution in [0.15, 0.2) is 72.8 Å². The van der Waals surface area contributed by atoms with Crippen molar-refractivity contribution in [3.63, 3.8) is 0 Å². The van der Waals surface area contributed by atoms with Crippen LogP contribution in [-0.2, 0) is 17.5 Å². The quantitative estimate of drug-likeness (QED) is 0.368. The molecule has 0 saturated carbocycles. The predicted octanol–water partition coefficient (Wildman–Crippen LogP) is 6.05. The Morgan fingerprint density at radius 3 is 2.08 bits per heavy atom. The van der Waals surface area contributed by atoms with E-state index in [2.05, 4.69) is 4.90 Å². The van der Waals surface area contributed by atoms with Gasteiger partial charge in [0.05, 0.1) is 5.56 Å². The van der Waals surface area contributed by atoms with Gasteiger partial charge in [0.25, 0.3) is 0 Å². The topological polar surface area (TPSA) is 59.0 Å². The Labute approximate surface area is 208 Å². The highest BCUT2D eigenvalue weighted by molar-refractivity contribution is 5.80. The third-order valence-electron chi connectivity index (χ3n) is 5.32. The van der Waals surface area contributed by atoms with Gasteiger partial charge in [-0.2, -0.15) is 13.2 Å². The molecule has 0 aliphatic rings. The molecule has 5 nitrogen and oxygen atoms in total. The molecule has 0 fully saturated rings. The Bertz CT molecular complexity index is 1200. The minimum absolute atomic E-state index is 0.171. The number of hydrogen-bond acceptors (Lipinski definition) is 4. The number of benzene rings is 3. The number of nitrogens with zero attached hydrogens (tertiary/aromatic N) is 1. The average Bonchev–Trinajstić information content (AvgIpc) is 2.81. The van der Waals surface area contributed by atoms with Crippen LogP contribution >= 0.6 is 0 Å². The number of carboxylic acid groups (broad SMARTS) is 1. The van der Waals surface area contributed by atoms with Gasteiger partial charge in [-0.05, 0) is 85.3 Å². The van der Waals surface area contributed by atoms with Crippen LogP contribution in [0, 0.1) is 6.92 Å². The zero-order valence-corrected chi connectivity index (χ0v) is 20.3. The standard InChI is InChI=1S/C28H28F3NO4/c1-19-16-24(12-13-26(19)36-18-27(33)34)35-15-14-25(21-6-4-20(5-7-21)17-32(2)3)22-8-10-23(11-9-22)28(29,30)31/h4-14,16H,15,17-18H2,1-3H3,(H,33,34)/b25-14+. The van der Waals surface area contributed by atoms with Crippen LogP contribution in [0.2, 0.25) is 0 Å². The third-order valence-corrected chi connectivity index (χ3v) is 5.32. The first-order valence-corrected chi connectivity index (χ1v) is 11.2. The summed E-state index contributed by atoms with van der Waals surface area (Å²) >= 11 is 0. The maximum Gasteiger partial charge on any atom is 0.416 e. The predicted molar refractivity (Wildman–Crippen MR) is 132 cm³/mol. The van der Waals surface area contributed by atoms with Gasteiger partial charge in [0.2, 0.25) is 0 Å². The molecule has 3 aromatic carbocycles. The molecule has 0 spiro atoms. The number of alkyl halides is 3. The van der Waals surface area contributed by atoms with Crippen molar-refractivity contribution in [2.24, 2.45) is 0 Å². The van der Waals surface area contributed by atoms with Crippen LogP contribution in [0.4, 0.5) is 13.2 Å². The molecule has 3 aromatic rings. The van der Waals surface area contributed by atoms with E-state index >= 15 is 0 Å². The maximum absolute atomic E-state index is 13.1. The first-order valence-electron chi connectivity index (χ1n) is 11.2. The summed E-state index contributed by atoms with van der Waals surface area (Å²) < 4.78 is 50.3. The van der Waals surface area contributed by atoms with Gasteiger partial charge in [0, 0.05) is 6.54 Å². The summed E-state index contributed by atoms with van der Waals surface area (Å²) in [6.07, 6.45) is -2.58. The van der Waals surface area contributed by atoms with Gasteiger partial charge in [-0.15, -0.1) is 0 Å². The van der Waals surface area contributed by atoms with E-state index in [4.69, 9.17) is 14.6 Å². The van der Waals surface area contributed by atoms with Gasteiger partial charge in [0.15, 0.2) is 6.61 Å². The lowest BCUT2D eigenvalue weighted by Crippen LogP contribution is -2.10. The Kier molecular flexibility index (Phi) is 8.77. The molecule has 0 heterocycles. The van der Waals surface area contributed by atoms with Crippen molar-refractivity contribution in [3.05, 3.63) is 101 Å². The van der Waals surface area contributed by atoms with Crippen LogP contribution in [-0.4, -0.2) is 43.3 Å². The number of carbonyl (C=O) groups is 1. The number of aryl methyl sites for hydroxylation is 1. The Morgan fingerprint density at radius 2 is 1.56 bits per heavy atom. The number of aliphatic carboxylic acids is 1. The second-order valence-corrected chi connectivity index (χ2v) is 8.55. The number of hydrogen-bond donors (Lipinski definition) is 1. The lowest BCUT2D eigenvalue weighted by atomic mass is 9.95. The zero-order chi connectivity index (χ0) is 26.3. The van der Waals surface area contributed by atoms with E-state index in [1.54, 1.807) is 25.1 Å². The minimum atomic E-state index is -4.41. The highest BCUT2D eigenvalue weighted by Crippen LogP contribution is 2.32. The summed E-state index contributed by atoms with van der Waals surface area (Å²) in [7, 11) is 3.96. The molecule has 0 aliphatic carbocycles. The molecule has 8 heteroatoms. The molecule has 0 unspecified atom stereocenters. The van der Waals surface area contributed by atoms with Gasteiger partial charge in [-0.25, -0.2) is 4.79 Å². The van der Waals surface area contributed by atoms with E-state index in [1.807, 2.05) is 44.4 Å². The van der Waals surface area contributed by atoms with Crippen LogP contribution in [0.5, 0.6) is 11.5 Å². The molecular formula is C28H28F3NO4. The molecular weight excluding hydrogens is 471 g/mol. The second-order valence-electron chi connectivity index (χ2n) is 8.55. The number of halogens is 3. The SMILES string of the molecule is Cc1cc(OC/C=C(\c2ccc(CN(C)C)cc2)c2ccc(C(F)(F)F)cc2)ccc1OCC(=O)O. The number of ether oxygens (including phenoxy) is 2. The Morgan fingerprint density at radius 1 is 0.944 bits per heavy atom. The van der Waals surface area contributed by atoms with Gasteiger partial charge in [0.1, 0.15) is 18.1 Å². The Hall–Kier alpha value is -3.78. The van der Waals surface area contributed by atoms with Crippen LogP contribution in [0.1, 0.15) is 27.8 Å². The lowest BCUT2D eigenvalue weighted by Gasteiger charge is -2.14. The number of rotatable bonds is 10. The van der Waals surface area contributed by atoms with Crippen LogP contribution < -0.4 is 9.47 Å². The zero-order valence-electron chi connectivity index (χ0n) is 20.3. The lowest BCUT2D eigenvalue weighted by molar-refractivity contribution is -0.139. The fourth-order valence-electron chi connectivity index (χ4n) is 3.63. The normalized spacial score (nSPS) is 12.0. The summed E-state index contributed by atoms with van der Waals surface area (Å²) in [6.45, 7) is 2.29. The van der Waals surface area contributed by atoms with Crippen molar-refractivity contribution in [1.82, 2.24) is 4.90 Å². The van der Waals surface area contributed by atoms with E-state index in [0.717, 1.165) is 40.9 Å². The van der Waals surface area contributed by atoms with Crippen molar-refractivity contribution in [2.75, 3.05) is 27.3 Å². The smallest absolute Gasteiger partial charge is 0.416 e. The first-order chi connectivity index (χ1) is 17.0. The molecule has 0 atom stereocenters. The van der Waals surface area contributed by atoms with Crippen LogP contribution in [0.25, 0.3) is 5.57 Å². The molecule has 0 aromatic heterocycles. The van der Waals surface area contributed by atoms with E-state index in [0.29, 0.717) is 17.1 Å². The highest BCUT2D eigenvalue weighted by atomic mass is 19.4. The van der Waals surface area contributed by atoms with Crippen LogP contribution in [0.3, 0.4) is 0 Å². The van der Waals surface area contributed by atoms with Gasteiger partial charge in [-0.1, -0.05) is 36.4 Å². The molecule has 190 valence electrons. The minimum Gasteiger partial charge on any atom is -0.489 e. The molecule has 3 rings (SSSR count). The van der Waals surface area contributed by atoms with Crippen molar-refractivity contribution in [3.8, 4) is 11.5 Å². The summed E-state index contributed by atoms with van der Waals surface area (Å²) in [5.41, 5.74) is 3.38. The fourth-order valence-corrected chi connectivity index (χ4v) is 3.63. The van der Waals surface area contributed by atoms with Crippen molar-refractivity contribution in [1.29, 1.82) is 0 Å².